The lowest BCUT2D eigenvalue weighted by Gasteiger charge is -2.08. The van der Waals surface area contributed by atoms with E-state index in [1.807, 2.05) is 36.5 Å². The Morgan fingerprint density at radius 3 is 2.26 bits per heavy atom. The Morgan fingerprint density at radius 2 is 1.47 bits per heavy atom. The summed E-state index contributed by atoms with van der Waals surface area (Å²) in [7, 11) is 0. The van der Waals surface area contributed by atoms with Crippen LogP contribution in [0.1, 0.15) is 22.3 Å². The highest BCUT2D eigenvalue weighted by Crippen LogP contribution is 2.31. The molecule has 0 atom stereocenters. The second kappa shape index (κ2) is 8.16. The molecular formula is C30H22N2O2. The molecule has 0 spiro atoms. The molecule has 5 aromatic rings. The van der Waals surface area contributed by atoms with Crippen molar-refractivity contribution in [3.63, 3.8) is 0 Å². The smallest absolute Gasteiger partial charge is 0.258 e. The lowest BCUT2D eigenvalue weighted by molar-refractivity contribution is -0.123. The first kappa shape index (κ1) is 20.2. The zero-order valence-electron chi connectivity index (χ0n) is 18.5. The van der Waals surface area contributed by atoms with E-state index in [2.05, 4.69) is 70.5 Å². The van der Waals surface area contributed by atoms with Gasteiger partial charge in [-0.2, -0.15) is 0 Å². The Hall–Kier alpha value is -4.44. The van der Waals surface area contributed by atoms with Crippen molar-refractivity contribution in [3.05, 3.63) is 126 Å². The summed E-state index contributed by atoms with van der Waals surface area (Å²) in [4.78, 5) is 24.4. The van der Waals surface area contributed by atoms with E-state index in [1.165, 1.54) is 28.0 Å². The lowest BCUT2D eigenvalue weighted by Crippen LogP contribution is -2.21. The SMILES string of the molecule is O=C1C=C(c2cn(Cc3ccc4ccccc4c3)c3ccc(Cc4ccccc4)cc23)C(=O)N1. The van der Waals surface area contributed by atoms with Gasteiger partial charge in [-0.3, -0.25) is 14.9 Å². The first-order chi connectivity index (χ1) is 16.6. The van der Waals surface area contributed by atoms with Crippen molar-refractivity contribution >= 4 is 39.1 Å². The number of carbonyl (C=O) groups is 2. The van der Waals surface area contributed by atoms with Crippen molar-refractivity contribution in [3.8, 4) is 0 Å². The monoisotopic (exact) mass is 442 g/mol. The third-order valence-electron chi connectivity index (χ3n) is 6.41. The van der Waals surface area contributed by atoms with Crippen LogP contribution in [-0.4, -0.2) is 16.4 Å². The van der Waals surface area contributed by atoms with E-state index in [9.17, 15) is 9.59 Å². The molecule has 2 amide bonds. The number of amides is 2. The topological polar surface area (TPSA) is 51.1 Å². The molecule has 0 saturated carbocycles. The zero-order valence-corrected chi connectivity index (χ0v) is 18.5. The number of nitrogens with one attached hydrogen (secondary N) is 1. The zero-order chi connectivity index (χ0) is 23.1. The van der Waals surface area contributed by atoms with Gasteiger partial charge in [0, 0.05) is 35.3 Å². The van der Waals surface area contributed by atoms with E-state index in [0.29, 0.717) is 12.1 Å². The highest BCUT2D eigenvalue weighted by Gasteiger charge is 2.25. The van der Waals surface area contributed by atoms with Crippen LogP contribution in [0.4, 0.5) is 0 Å². The molecule has 4 heteroatoms. The number of hydrogen-bond donors (Lipinski definition) is 1. The normalized spacial score (nSPS) is 13.5. The Labute approximate surface area is 197 Å². The van der Waals surface area contributed by atoms with Gasteiger partial charge in [-0.25, -0.2) is 0 Å². The van der Waals surface area contributed by atoms with Crippen LogP contribution in [0, 0.1) is 0 Å². The number of aromatic nitrogens is 1. The Morgan fingerprint density at radius 1 is 0.706 bits per heavy atom. The molecule has 0 bridgehead atoms. The number of benzene rings is 4. The summed E-state index contributed by atoms with van der Waals surface area (Å²) in [6.45, 7) is 0.669. The molecule has 0 aliphatic carbocycles. The molecule has 1 aliphatic rings. The Kier molecular flexibility index (Phi) is 4.84. The highest BCUT2D eigenvalue weighted by atomic mass is 16.2. The second-order valence-corrected chi connectivity index (χ2v) is 8.74. The van der Waals surface area contributed by atoms with Crippen LogP contribution in [0.25, 0.3) is 27.2 Å². The van der Waals surface area contributed by atoms with Crippen LogP contribution in [0.15, 0.2) is 103 Å². The molecule has 0 unspecified atom stereocenters. The molecule has 1 aromatic heterocycles. The number of rotatable bonds is 5. The minimum Gasteiger partial charge on any atom is -0.342 e. The molecule has 1 aliphatic heterocycles. The predicted molar refractivity (Wildman–Crippen MR) is 135 cm³/mol. The van der Waals surface area contributed by atoms with Gasteiger partial charge in [0.2, 0.25) is 0 Å². The van der Waals surface area contributed by atoms with Gasteiger partial charge < -0.3 is 4.57 Å². The fraction of sp³-hybridized carbons (Fsp3) is 0.0667. The molecule has 4 aromatic carbocycles. The number of fused-ring (bicyclic) bond motifs is 2. The van der Waals surface area contributed by atoms with Crippen LogP contribution in [0.5, 0.6) is 0 Å². The predicted octanol–water partition coefficient (Wildman–Crippen LogP) is 5.47. The van der Waals surface area contributed by atoms with E-state index in [0.717, 1.165) is 28.5 Å². The summed E-state index contributed by atoms with van der Waals surface area (Å²) in [6.07, 6.45) is 4.20. The largest absolute Gasteiger partial charge is 0.342 e. The summed E-state index contributed by atoms with van der Waals surface area (Å²) in [5, 5.41) is 5.77. The van der Waals surface area contributed by atoms with Crippen LogP contribution >= 0.6 is 0 Å². The second-order valence-electron chi connectivity index (χ2n) is 8.74. The van der Waals surface area contributed by atoms with Crippen molar-refractivity contribution in [2.75, 3.05) is 0 Å². The molecule has 4 nitrogen and oxygen atoms in total. The summed E-state index contributed by atoms with van der Waals surface area (Å²) in [5.74, 6) is -0.709. The van der Waals surface area contributed by atoms with Crippen molar-refractivity contribution in [1.29, 1.82) is 0 Å². The molecule has 0 fully saturated rings. The third kappa shape index (κ3) is 3.69. The van der Waals surface area contributed by atoms with Gasteiger partial charge >= 0.3 is 0 Å². The molecule has 1 N–H and O–H groups in total. The summed E-state index contributed by atoms with van der Waals surface area (Å²) in [6, 6.07) is 31.5. The molecule has 34 heavy (non-hydrogen) atoms. The van der Waals surface area contributed by atoms with Crippen LogP contribution in [0.3, 0.4) is 0 Å². The van der Waals surface area contributed by atoms with Crippen LogP contribution in [-0.2, 0) is 22.6 Å². The molecule has 164 valence electrons. The van der Waals surface area contributed by atoms with Gasteiger partial charge in [-0.15, -0.1) is 0 Å². The first-order valence-corrected chi connectivity index (χ1v) is 11.3. The maximum atomic E-state index is 12.5. The van der Waals surface area contributed by atoms with Crippen molar-refractivity contribution < 1.29 is 9.59 Å². The lowest BCUT2D eigenvalue weighted by atomic mass is 10.00. The Bertz CT molecular complexity index is 1610. The van der Waals surface area contributed by atoms with Gasteiger partial charge in [0.15, 0.2) is 0 Å². The molecular weight excluding hydrogens is 420 g/mol. The summed E-state index contributed by atoms with van der Waals surface area (Å²) < 4.78 is 2.16. The van der Waals surface area contributed by atoms with Crippen molar-refractivity contribution in [2.24, 2.45) is 0 Å². The molecule has 0 saturated heterocycles. The number of nitrogens with zero attached hydrogens (tertiary/aromatic N) is 1. The summed E-state index contributed by atoms with van der Waals surface area (Å²) >= 11 is 0. The standard InChI is InChI=1S/C30H22N2O2/c33-29-17-26(30(34)31-29)27-19-32(18-22-10-12-23-8-4-5-9-24(23)15-22)28-13-11-21(16-25(27)28)14-20-6-2-1-3-7-20/h1-13,15-17,19H,14,18H2,(H,31,33,34). The quantitative estimate of drug-likeness (QED) is 0.367. The van der Waals surface area contributed by atoms with Crippen molar-refractivity contribution in [2.45, 2.75) is 13.0 Å². The fourth-order valence-electron chi connectivity index (χ4n) is 4.78. The number of carbonyl (C=O) groups excluding carboxylic acids is 2. The maximum Gasteiger partial charge on any atom is 0.258 e. The van der Waals surface area contributed by atoms with E-state index >= 15 is 0 Å². The van der Waals surface area contributed by atoms with Crippen molar-refractivity contribution in [1.82, 2.24) is 9.88 Å². The van der Waals surface area contributed by atoms with E-state index in [-0.39, 0.29) is 11.8 Å². The maximum absolute atomic E-state index is 12.5. The first-order valence-electron chi connectivity index (χ1n) is 11.3. The number of hydrogen-bond acceptors (Lipinski definition) is 2. The molecule has 6 rings (SSSR count). The molecule has 0 radical (unpaired) electrons. The minimum absolute atomic E-state index is 0.344. The van der Waals surface area contributed by atoms with Crippen LogP contribution < -0.4 is 5.32 Å². The van der Waals surface area contributed by atoms with Gasteiger partial charge in [0.25, 0.3) is 11.8 Å². The average molecular weight is 443 g/mol. The van der Waals surface area contributed by atoms with E-state index in [1.54, 1.807) is 0 Å². The van der Waals surface area contributed by atoms with E-state index in [4.69, 9.17) is 0 Å². The highest BCUT2D eigenvalue weighted by molar-refractivity contribution is 6.35. The third-order valence-corrected chi connectivity index (χ3v) is 6.41. The summed E-state index contributed by atoms with van der Waals surface area (Å²) in [5.41, 5.74) is 5.81. The number of imide groups is 1. The Balaban J connectivity index is 1.45. The van der Waals surface area contributed by atoms with Gasteiger partial charge in [-0.05, 0) is 52.1 Å². The van der Waals surface area contributed by atoms with Gasteiger partial charge in [0.05, 0.1) is 5.57 Å². The average Bonchev–Trinajstić information content (AvgIpc) is 3.37. The van der Waals surface area contributed by atoms with Gasteiger partial charge in [0.1, 0.15) is 0 Å². The van der Waals surface area contributed by atoms with Crippen LogP contribution in [0.2, 0.25) is 0 Å². The molecule has 2 heterocycles. The minimum atomic E-state index is -0.365. The fourth-order valence-corrected chi connectivity index (χ4v) is 4.78. The van der Waals surface area contributed by atoms with Gasteiger partial charge in [-0.1, -0.05) is 72.8 Å². The van der Waals surface area contributed by atoms with E-state index < -0.39 is 0 Å².